The van der Waals surface area contributed by atoms with E-state index in [9.17, 15) is 29.4 Å². The minimum Gasteiger partial charge on any atom is -0.508 e. The number of aliphatic hydroxyl groups is 1. The van der Waals surface area contributed by atoms with Crippen molar-refractivity contribution in [2.24, 2.45) is 5.92 Å². The van der Waals surface area contributed by atoms with Crippen molar-refractivity contribution >= 4 is 80.0 Å². The van der Waals surface area contributed by atoms with Gasteiger partial charge in [-0.25, -0.2) is 14.4 Å². The minimum absolute atomic E-state index is 0.00584. The first kappa shape index (κ1) is 60.3. The second-order valence-corrected chi connectivity index (χ2v) is 22.5. The Morgan fingerprint density at radius 2 is 1.65 bits per heavy atom. The first-order chi connectivity index (χ1) is 39.9. The zero-order valence-electron chi connectivity index (χ0n) is 47.4. The number of thiazole rings is 1. The first-order valence-corrected chi connectivity index (χ1v) is 29.1. The Morgan fingerprint density at radius 1 is 0.928 bits per heavy atom. The number of aryl methyl sites for hydroxylation is 2. The highest BCUT2D eigenvalue weighted by Crippen LogP contribution is 2.43. The number of hydrogen-bond donors (Lipinski definition) is 4. The van der Waals surface area contributed by atoms with Crippen LogP contribution in [0.4, 0.5) is 16.2 Å². The fraction of sp³-hybridized carbons (Fsp3) is 0.433. The molecule has 2 aliphatic rings. The van der Waals surface area contributed by atoms with Crippen LogP contribution in [0.1, 0.15) is 68.3 Å². The predicted molar refractivity (Wildman–Crippen MR) is 315 cm³/mol. The molecule has 3 aromatic heterocycles. The molecule has 0 radical (unpaired) electrons. The summed E-state index contributed by atoms with van der Waals surface area (Å²) < 4.78 is 40.2. The molecule has 2 aliphatic heterocycles. The van der Waals surface area contributed by atoms with E-state index in [1.165, 1.54) is 17.9 Å². The summed E-state index contributed by atoms with van der Waals surface area (Å²) in [5, 5.41) is 33.5. The number of likely N-dealkylation sites (N-methyl/N-ethyl adjacent to an activating group) is 1. The molecule has 4 atom stereocenters. The van der Waals surface area contributed by atoms with Crippen LogP contribution >= 0.6 is 22.9 Å². The van der Waals surface area contributed by atoms with E-state index in [0.29, 0.717) is 71.7 Å². The van der Waals surface area contributed by atoms with Gasteiger partial charge in [-0.2, -0.15) is 4.98 Å². The van der Waals surface area contributed by atoms with E-state index in [0.717, 1.165) is 21.7 Å². The lowest BCUT2D eigenvalue weighted by atomic mass is 9.91. The number of anilines is 2. The molecule has 7 aromatic rings. The Morgan fingerprint density at radius 3 is 2.34 bits per heavy atom. The molecule has 4 N–H and O–H groups in total. The summed E-state index contributed by atoms with van der Waals surface area (Å²) in [5.41, 5.74) is 5.62. The number of piperazine rings is 1. The number of carbonyl (C=O) groups excluding carboxylic acids is 4. The van der Waals surface area contributed by atoms with Gasteiger partial charge in [0.2, 0.25) is 29.6 Å². The summed E-state index contributed by atoms with van der Waals surface area (Å²) in [6.45, 7) is 12.6. The molecule has 20 nitrogen and oxygen atoms in total. The lowest BCUT2D eigenvalue weighted by Gasteiger charge is -2.35. The molecule has 23 heteroatoms. The SMILES string of the molecule is CC(=O)N1CCN(c2nc(NCCC(=O)N(C)CCOCCOCCOC[C@H](NC(=O)[C@@H]3C[C@@H](O)CN3C(=O)[C@H](c3cc(C)no3)C(C)C)c3ccc(-c4scnc4C)cc3)nc3c(F)c(-c4cc(O)cc5ccccc45)c(Cl)cc23)CC1. The summed E-state index contributed by atoms with van der Waals surface area (Å²) in [6.07, 6.45) is -0.732. The maximum atomic E-state index is 17.0. The highest BCUT2D eigenvalue weighted by Gasteiger charge is 2.44. The Balaban J connectivity index is 0.750. The molecule has 4 aromatic carbocycles. The maximum Gasteiger partial charge on any atom is 0.243 e. The maximum absolute atomic E-state index is 17.0. The van der Waals surface area contributed by atoms with Crippen LogP contribution in [-0.2, 0) is 33.4 Å². The lowest BCUT2D eigenvalue weighted by molar-refractivity contribution is -0.141. The number of carbonyl (C=O) groups is 4. The fourth-order valence-electron chi connectivity index (χ4n) is 10.6. The van der Waals surface area contributed by atoms with Crippen LogP contribution in [0.2, 0.25) is 5.02 Å². The number of phenolic OH excluding ortho intramolecular Hbond substituents is 1. The highest BCUT2D eigenvalue weighted by molar-refractivity contribution is 7.13. The summed E-state index contributed by atoms with van der Waals surface area (Å²) in [7, 11) is 1.68. The van der Waals surface area contributed by atoms with Crippen molar-refractivity contribution < 1.29 is 52.5 Å². The van der Waals surface area contributed by atoms with Crippen molar-refractivity contribution in [3.05, 3.63) is 112 Å². The Kier molecular flexibility index (Phi) is 19.9. The normalized spacial score (nSPS) is 16.2. The van der Waals surface area contributed by atoms with Gasteiger partial charge in [0.1, 0.15) is 34.8 Å². The molecule has 83 heavy (non-hydrogen) atoms. The van der Waals surface area contributed by atoms with E-state index in [2.05, 4.69) is 25.8 Å². The van der Waals surface area contributed by atoms with E-state index in [1.807, 2.05) is 74.2 Å². The third-order valence-corrected chi connectivity index (χ3v) is 16.3. The number of amides is 4. The van der Waals surface area contributed by atoms with E-state index in [1.54, 1.807) is 58.8 Å². The number of fused-ring (bicyclic) bond motifs is 2. The van der Waals surface area contributed by atoms with Crippen LogP contribution in [0.3, 0.4) is 0 Å². The van der Waals surface area contributed by atoms with Gasteiger partial charge in [0.25, 0.3) is 0 Å². The standard InChI is InChI=1S/C60H70ClFN10O10S/c1-35(2)52(50-27-36(3)68-82-50)59(78)72-32-43(75)30-49(72)58(77)65-48(39-11-13-40(14-12-39)56-37(4)64-34-83-56)33-81-26-25-80-24-23-79-22-21-69(6)51(76)15-16-63-60-66-55-46(57(67-60)71-19-17-70(18-20-71)38(5)73)31-47(61)53(54(55)62)45-29-42(74)28-41-9-7-8-10-44(41)45/h7-14,27-29,31,34-35,43,48-49,52,74-75H,15-26,30,32-33H2,1-6H3,(H,65,77)(H,63,66,67)/t43-,48+,49+,52+/m1/s1. The molecule has 9 rings (SSSR count). The molecule has 0 saturated carbocycles. The summed E-state index contributed by atoms with van der Waals surface area (Å²) in [6, 6.07) is 20.0. The van der Waals surface area contributed by atoms with Gasteiger partial charge in [-0.15, -0.1) is 11.3 Å². The van der Waals surface area contributed by atoms with Crippen molar-refractivity contribution in [2.75, 3.05) is 103 Å². The van der Waals surface area contributed by atoms with Crippen molar-refractivity contribution in [1.82, 2.24) is 40.1 Å². The Labute approximate surface area is 489 Å². The molecule has 2 fully saturated rings. The molecule has 2 saturated heterocycles. The molecule has 0 spiro atoms. The van der Waals surface area contributed by atoms with E-state index >= 15 is 4.39 Å². The number of nitrogens with one attached hydrogen (secondary N) is 2. The van der Waals surface area contributed by atoms with Gasteiger partial charge in [-0.3, -0.25) is 19.2 Å². The topological polar surface area (TPSA) is 238 Å². The molecule has 440 valence electrons. The summed E-state index contributed by atoms with van der Waals surface area (Å²) in [4.78, 5) is 75.3. The second-order valence-electron chi connectivity index (χ2n) is 21.3. The van der Waals surface area contributed by atoms with Crippen molar-refractivity contribution in [3.63, 3.8) is 0 Å². The number of phenols is 1. The van der Waals surface area contributed by atoms with E-state index in [-0.39, 0.29) is 117 Å². The van der Waals surface area contributed by atoms with Crippen LogP contribution in [0.5, 0.6) is 5.75 Å². The Hall–Kier alpha value is -7.34. The van der Waals surface area contributed by atoms with Crippen molar-refractivity contribution in [1.29, 1.82) is 0 Å². The van der Waals surface area contributed by atoms with Crippen molar-refractivity contribution in [3.8, 4) is 27.3 Å². The molecule has 0 aliphatic carbocycles. The van der Waals surface area contributed by atoms with Gasteiger partial charge < -0.3 is 59.2 Å². The first-order valence-electron chi connectivity index (χ1n) is 27.8. The van der Waals surface area contributed by atoms with Crippen LogP contribution in [0, 0.1) is 25.6 Å². The average molecular weight is 1180 g/mol. The number of ether oxygens (including phenoxy) is 3. The summed E-state index contributed by atoms with van der Waals surface area (Å²) >= 11 is 8.44. The number of aliphatic hydroxyl groups excluding tert-OH is 1. The van der Waals surface area contributed by atoms with Gasteiger partial charge in [-0.05, 0) is 65.4 Å². The van der Waals surface area contributed by atoms with Crippen LogP contribution in [0.25, 0.3) is 43.2 Å². The number of nitrogens with zero attached hydrogens (tertiary/aromatic N) is 8. The quantitative estimate of drug-likeness (QED) is 0.0421. The number of likely N-dealkylation sites (tertiary alicyclic amines) is 1. The molecule has 5 heterocycles. The largest absolute Gasteiger partial charge is 0.508 e. The van der Waals surface area contributed by atoms with Crippen LogP contribution in [-0.4, -0.2) is 173 Å². The number of aromatic nitrogens is 4. The van der Waals surface area contributed by atoms with Gasteiger partial charge in [0.05, 0.1) is 78.6 Å². The van der Waals surface area contributed by atoms with Crippen LogP contribution in [0.15, 0.2) is 82.8 Å². The number of benzene rings is 4. The fourth-order valence-corrected chi connectivity index (χ4v) is 11.7. The molecule has 0 unspecified atom stereocenters. The number of aromatic hydroxyl groups is 1. The molecular formula is C60H70ClFN10O10S. The zero-order chi connectivity index (χ0) is 58.9. The average Bonchev–Trinajstić information content (AvgIpc) is 4.03. The third-order valence-electron chi connectivity index (χ3n) is 15.0. The number of halogens is 2. The monoisotopic (exact) mass is 1180 g/mol. The van der Waals surface area contributed by atoms with Crippen molar-refractivity contribution in [2.45, 2.75) is 71.6 Å². The van der Waals surface area contributed by atoms with Gasteiger partial charge in [0, 0.05) is 89.6 Å². The molecular weight excluding hydrogens is 1110 g/mol. The number of hydrogen-bond acceptors (Lipinski definition) is 17. The predicted octanol–water partition coefficient (Wildman–Crippen LogP) is 7.91. The second kappa shape index (κ2) is 27.4. The van der Waals surface area contributed by atoms with Gasteiger partial charge >= 0.3 is 0 Å². The lowest BCUT2D eigenvalue weighted by Crippen LogP contribution is -2.49. The Bertz CT molecular complexity index is 3430. The summed E-state index contributed by atoms with van der Waals surface area (Å²) in [5.74, 6) is -1.58. The zero-order valence-corrected chi connectivity index (χ0v) is 49.0. The number of rotatable bonds is 24. The molecule has 4 amide bonds. The van der Waals surface area contributed by atoms with E-state index < -0.39 is 35.8 Å². The minimum atomic E-state index is -0.924. The molecule has 0 bridgehead atoms. The highest BCUT2D eigenvalue weighted by atomic mass is 35.5. The van der Waals surface area contributed by atoms with E-state index in [4.69, 9.17) is 35.3 Å². The smallest absolute Gasteiger partial charge is 0.243 e. The third kappa shape index (κ3) is 14.4. The van der Waals surface area contributed by atoms with Gasteiger partial charge in [0.15, 0.2) is 5.82 Å². The number of β-amino-alcohol motifs (C(OH)–C–C–N with tert-alkyl or cyclic N) is 1. The van der Waals surface area contributed by atoms with Gasteiger partial charge in [-0.1, -0.05) is 79.1 Å². The van der Waals surface area contributed by atoms with Crippen LogP contribution < -0.4 is 15.5 Å².